The summed E-state index contributed by atoms with van der Waals surface area (Å²) in [5.41, 5.74) is 2.97. The molecular weight excluding hydrogens is 242 g/mol. The molecule has 0 bridgehead atoms. The van der Waals surface area contributed by atoms with E-state index in [4.69, 9.17) is 4.74 Å². The Bertz CT molecular complexity index is 421. The number of carbonyl (C=O) groups is 2. The van der Waals surface area contributed by atoms with Gasteiger partial charge in [0, 0.05) is 0 Å². The molecular formula is C15H21NO3. The van der Waals surface area contributed by atoms with Gasteiger partial charge in [-0.1, -0.05) is 32.0 Å². The van der Waals surface area contributed by atoms with E-state index in [0.29, 0.717) is 13.0 Å². The average Bonchev–Trinajstić information content (AvgIpc) is 2.44. The number of para-hydroxylation sites is 1. The monoisotopic (exact) mass is 263 g/mol. The minimum absolute atomic E-state index is 0.0403. The van der Waals surface area contributed by atoms with Gasteiger partial charge in [-0.3, -0.25) is 9.59 Å². The van der Waals surface area contributed by atoms with E-state index in [9.17, 15) is 9.59 Å². The molecule has 0 radical (unpaired) electrons. The lowest BCUT2D eigenvalue weighted by molar-refractivity contribution is -0.141. The van der Waals surface area contributed by atoms with Crippen molar-refractivity contribution in [1.82, 2.24) is 0 Å². The highest BCUT2D eigenvalue weighted by Gasteiger charge is 2.17. The molecule has 1 amide bonds. The largest absolute Gasteiger partial charge is 0.465 e. The molecule has 0 aliphatic carbocycles. The molecule has 1 aromatic rings. The normalized spacial score (nSPS) is 10.1. The third kappa shape index (κ3) is 3.81. The van der Waals surface area contributed by atoms with Crippen molar-refractivity contribution in [2.45, 2.75) is 33.6 Å². The molecule has 0 heterocycles. The van der Waals surface area contributed by atoms with E-state index in [-0.39, 0.29) is 12.5 Å². The summed E-state index contributed by atoms with van der Waals surface area (Å²) < 4.78 is 4.90. The third-order valence-corrected chi connectivity index (χ3v) is 2.98. The molecule has 0 aliphatic heterocycles. The summed E-state index contributed by atoms with van der Waals surface area (Å²) >= 11 is 0. The van der Waals surface area contributed by atoms with E-state index < -0.39 is 0 Å². The number of hydrogen-bond donors (Lipinski definition) is 0. The molecule has 0 atom stereocenters. The van der Waals surface area contributed by atoms with Crippen LogP contribution in [0.3, 0.4) is 0 Å². The van der Waals surface area contributed by atoms with Gasteiger partial charge in [-0.2, -0.15) is 0 Å². The van der Waals surface area contributed by atoms with Gasteiger partial charge in [0.25, 0.3) is 0 Å². The number of hydrogen-bond acceptors (Lipinski definition) is 3. The molecule has 4 heteroatoms. The van der Waals surface area contributed by atoms with Crippen molar-refractivity contribution in [2.24, 2.45) is 0 Å². The second-order valence-electron chi connectivity index (χ2n) is 4.17. The number of amides is 1. The zero-order valence-electron chi connectivity index (χ0n) is 11.8. The molecule has 1 aromatic carbocycles. The molecule has 1 rings (SSSR count). The lowest BCUT2D eigenvalue weighted by Crippen LogP contribution is -2.31. The summed E-state index contributed by atoms with van der Waals surface area (Å²) in [6.07, 6.45) is 2.33. The van der Waals surface area contributed by atoms with Gasteiger partial charge in [0.05, 0.1) is 12.3 Å². The number of rotatable bonds is 7. The Morgan fingerprint density at radius 1 is 1.21 bits per heavy atom. The Hall–Kier alpha value is -1.84. The van der Waals surface area contributed by atoms with E-state index in [0.717, 1.165) is 29.7 Å². The fraction of sp³-hybridized carbons (Fsp3) is 0.467. The van der Waals surface area contributed by atoms with Gasteiger partial charge in [-0.05, 0) is 30.9 Å². The lowest BCUT2D eigenvalue weighted by atomic mass is 10.0. The Morgan fingerprint density at radius 2 is 1.79 bits per heavy atom. The molecule has 0 fully saturated rings. The number of ether oxygens (including phenoxy) is 1. The van der Waals surface area contributed by atoms with Crippen LogP contribution >= 0.6 is 0 Å². The molecule has 0 saturated carbocycles. The van der Waals surface area contributed by atoms with Crippen molar-refractivity contribution in [3.63, 3.8) is 0 Å². The summed E-state index contributed by atoms with van der Waals surface area (Å²) in [5.74, 6) is -0.387. The van der Waals surface area contributed by atoms with Crippen LogP contribution in [0.1, 0.15) is 31.9 Å². The Labute approximate surface area is 114 Å². The minimum atomic E-state index is -0.387. The Balaban J connectivity index is 3.09. The molecule has 0 saturated heterocycles. The summed E-state index contributed by atoms with van der Waals surface area (Å²) in [7, 11) is 0. The van der Waals surface area contributed by atoms with Crippen molar-refractivity contribution in [1.29, 1.82) is 0 Å². The van der Waals surface area contributed by atoms with Gasteiger partial charge in [-0.25, -0.2) is 0 Å². The maximum absolute atomic E-state index is 11.6. The van der Waals surface area contributed by atoms with Crippen molar-refractivity contribution in [2.75, 3.05) is 18.1 Å². The molecule has 0 spiro atoms. The molecule has 0 unspecified atom stereocenters. The second-order valence-corrected chi connectivity index (χ2v) is 4.17. The Morgan fingerprint density at radius 3 is 2.21 bits per heavy atom. The van der Waals surface area contributed by atoms with Crippen LogP contribution in [0.4, 0.5) is 5.69 Å². The highest BCUT2D eigenvalue weighted by Crippen LogP contribution is 2.26. The van der Waals surface area contributed by atoms with E-state index in [1.165, 1.54) is 4.90 Å². The zero-order valence-corrected chi connectivity index (χ0v) is 11.8. The van der Waals surface area contributed by atoms with E-state index in [1.807, 2.05) is 32.0 Å². The number of esters is 1. The SMILES string of the molecule is CCOC(=O)CN(C=O)c1c(CC)cccc1CC. The first-order valence-electron chi connectivity index (χ1n) is 6.66. The maximum Gasteiger partial charge on any atom is 0.326 e. The van der Waals surface area contributed by atoms with Gasteiger partial charge in [0.15, 0.2) is 0 Å². The van der Waals surface area contributed by atoms with Crippen LogP contribution < -0.4 is 4.90 Å². The van der Waals surface area contributed by atoms with E-state index >= 15 is 0 Å². The van der Waals surface area contributed by atoms with Crippen LogP contribution in [0.2, 0.25) is 0 Å². The van der Waals surface area contributed by atoms with Crippen LogP contribution in [-0.4, -0.2) is 25.5 Å². The van der Waals surface area contributed by atoms with Gasteiger partial charge < -0.3 is 9.64 Å². The second kappa shape index (κ2) is 7.56. The highest BCUT2D eigenvalue weighted by molar-refractivity contribution is 5.87. The molecule has 19 heavy (non-hydrogen) atoms. The summed E-state index contributed by atoms with van der Waals surface area (Å²) in [4.78, 5) is 24.3. The predicted octanol–water partition coefficient (Wildman–Crippen LogP) is 2.34. The summed E-state index contributed by atoms with van der Waals surface area (Å²) in [6, 6.07) is 5.95. The fourth-order valence-electron chi connectivity index (χ4n) is 2.10. The number of carbonyl (C=O) groups excluding carboxylic acids is 2. The fourth-order valence-corrected chi connectivity index (χ4v) is 2.10. The maximum atomic E-state index is 11.6. The van der Waals surface area contributed by atoms with Crippen molar-refractivity contribution in [3.05, 3.63) is 29.3 Å². The standard InChI is InChI=1S/C15H21NO3/c1-4-12-8-7-9-13(5-2)15(12)16(11-17)10-14(18)19-6-3/h7-9,11H,4-6,10H2,1-3H3. The lowest BCUT2D eigenvalue weighted by Gasteiger charge is -2.22. The third-order valence-electron chi connectivity index (χ3n) is 2.98. The van der Waals surface area contributed by atoms with Crippen LogP contribution in [-0.2, 0) is 27.2 Å². The van der Waals surface area contributed by atoms with Crippen LogP contribution in [0.15, 0.2) is 18.2 Å². The average molecular weight is 263 g/mol. The van der Waals surface area contributed by atoms with E-state index in [1.54, 1.807) is 6.92 Å². The van der Waals surface area contributed by atoms with Crippen molar-refractivity contribution in [3.8, 4) is 0 Å². The number of anilines is 1. The first kappa shape index (κ1) is 15.2. The molecule has 0 aliphatic rings. The van der Waals surface area contributed by atoms with Gasteiger partial charge >= 0.3 is 5.97 Å². The summed E-state index contributed by atoms with van der Waals surface area (Å²) in [5, 5.41) is 0. The molecule has 104 valence electrons. The first-order valence-corrected chi connectivity index (χ1v) is 6.66. The highest BCUT2D eigenvalue weighted by atomic mass is 16.5. The molecule has 4 nitrogen and oxygen atoms in total. The van der Waals surface area contributed by atoms with Crippen LogP contribution in [0.5, 0.6) is 0 Å². The van der Waals surface area contributed by atoms with E-state index in [2.05, 4.69) is 0 Å². The number of aryl methyl sites for hydroxylation is 2. The van der Waals surface area contributed by atoms with Gasteiger partial charge in [-0.15, -0.1) is 0 Å². The first-order chi connectivity index (χ1) is 9.17. The van der Waals surface area contributed by atoms with Crippen LogP contribution in [0, 0.1) is 0 Å². The predicted molar refractivity (Wildman–Crippen MR) is 75.2 cm³/mol. The smallest absolute Gasteiger partial charge is 0.326 e. The minimum Gasteiger partial charge on any atom is -0.465 e. The molecule has 0 N–H and O–H groups in total. The van der Waals surface area contributed by atoms with Gasteiger partial charge in [0.1, 0.15) is 6.54 Å². The van der Waals surface area contributed by atoms with Crippen molar-refractivity contribution < 1.29 is 14.3 Å². The van der Waals surface area contributed by atoms with Crippen molar-refractivity contribution >= 4 is 18.1 Å². The van der Waals surface area contributed by atoms with Crippen LogP contribution in [0.25, 0.3) is 0 Å². The topological polar surface area (TPSA) is 46.6 Å². The zero-order chi connectivity index (χ0) is 14.3. The number of nitrogens with zero attached hydrogens (tertiary/aromatic N) is 1. The quantitative estimate of drug-likeness (QED) is 0.560. The Kier molecular flexibility index (Phi) is 6.06. The number of benzene rings is 1. The van der Waals surface area contributed by atoms with Gasteiger partial charge in [0.2, 0.25) is 6.41 Å². The molecule has 0 aromatic heterocycles. The summed E-state index contributed by atoms with van der Waals surface area (Å²) in [6.45, 7) is 6.10.